The lowest BCUT2D eigenvalue weighted by Gasteiger charge is -2.30. The van der Waals surface area contributed by atoms with E-state index in [0.717, 1.165) is 11.3 Å². The molecule has 1 amide bonds. The molecule has 1 aliphatic heterocycles. The van der Waals surface area contributed by atoms with E-state index < -0.39 is 35.4 Å². The molecule has 2 N–H and O–H groups in total. The number of hydrogen-bond acceptors (Lipinski definition) is 4. The van der Waals surface area contributed by atoms with Crippen molar-refractivity contribution in [2.24, 2.45) is 22.4 Å². The van der Waals surface area contributed by atoms with Crippen LogP contribution in [0.1, 0.15) is 40.2 Å². The summed E-state index contributed by atoms with van der Waals surface area (Å²) in [6, 6.07) is 9.28. The second-order valence-electron chi connectivity index (χ2n) is 7.27. The monoisotopic (exact) mass is 346 g/mol. The highest BCUT2D eigenvalue weighted by atomic mass is 16.6. The summed E-state index contributed by atoms with van der Waals surface area (Å²) in [6.07, 6.45) is -0.421. The van der Waals surface area contributed by atoms with E-state index in [1.165, 1.54) is 0 Å². The number of amides is 1. The van der Waals surface area contributed by atoms with Gasteiger partial charge in [0.15, 0.2) is 0 Å². The third kappa shape index (κ3) is 3.83. The normalized spacial score (nSPS) is 22.3. The smallest absolute Gasteiger partial charge is 0.308 e. The van der Waals surface area contributed by atoms with Crippen LogP contribution >= 0.6 is 0 Å². The summed E-state index contributed by atoms with van der Waals surface area (Å²) >= 11 is 0. The molecule has 6 nitrogen and oxygen atoms in total. The second kappa shape index (κ2) is 7.25. The zero-order valence-corrected chi connectivity index (χ0v) is 15.3. The summed E-state index contributed by atoms with van der Waals surface area (Å²) in [4.78, 5) is 29.2. The molecule has 0 bridgehead atoms. The van der Waals surface area contributed by atoms with Crippen LogP contribution in [0.5, 0.6) is 0 Å². The molecule has 0 aromatic heterocycles. The lowest BCUT2D eigenvalue weighted by molar-refractivity contribution is -0.142. The van der Waals surface area contributed by atoms with Crippen LogP contribution in [0.4, 0.5) is 0 Å². The van der Waals surface area contributed by atoms with Crippen LogP contribution in [-0.2, 0) is 14.4 Å². The van der Waals surface area contributed by atoms with Crippen LogP contribution in [0.3, 0.4) is 0 Å². The lowest BCUT2D eigenvalue weighted by atomic mass is 9.74. The minimum atomic E-state index is -0.937. The molecule has 1 aromatic rings. The molecular formula is C19H26N2O4. The average Bonchev–Trinajstić information content (AvgIpc) is 2.88. The summed E-state index contributed by atoms with van der Waals surface area (Å²) in [5.41, 5.74) is 1.33. The maximum atomic E-state index is 12.6. The predicted octanol–water partition coefficient (Wildman–Crippen LogP) is 2.68. The molecule has 1 heterocycles. The number of carboxylic acid groups (broad SMARTS) is 1. The number of benzene rings is 1. The summed E-state index contributed by atoms with van der Waals surface area (Å²) in [5.74, 6) is -2.30. The highest BCUT2D eigenvalue weighted by molar-refractivity contribution is 6.05. The van der Waals surface area contributed by atoms with Crippen molar-refractivity contribution in [3.63, 3.8) is 0 Å². The molecule has 0 fully saturated rings. The van der Waals surface area contributed by atoms with Crippen molar-refractivity contribution < 1.29 is 19.5 Å². The van der Waals surface area contributed by atoms with Crippen molar-refractivity contribution in [2.45, 2.75) is 46.8 Å². The van der Waals surface area contributed by atoms with Crippen molar-refractivity contribution >= 4 is 17.6 Å². The molecule has 0 saturated carbocycles. The summed E-state index contributed by atoms with van der Waals surface area (Å²) in [7, 11) is 0. The van der Waals surface area contributed by atoms with Gasteiger partial charge in [-0.2, -0.15) is 0 Å². The fourth-order valence-corrected chi connectivity index (χ4v) is 3.06. The number of carbonyl (C=O) groups is 2. The topological polar surface area (TPSA) is 88.0 Å². The van der Waals surface area contributed by atoms with Crippen LogP contribution < -0.4 is 5.32 Å². The van der Waals surface area contributed by atoms with Crippen molar-refractivity contribution in [2.75, 3.05) is 0 Å². The van der Waals surface area contributed by atoms with E-state index in [4.69, 9.17) is 9.94 Å². The number of hydrogen-bond donors (Lipinski definition) is 2. The summed E-state index contributed by atoms with van der Waals surface area (Å²) in [6.45, 7) is 9.05. The van der Waals surface area contributed by atoms with E-state index in [1.807, 2.05) is 44.2 Å². The molecule has 1 aromatic carbocycles. The molecule has 0 spiro atoms. The van der Waals surface area contributed by atoms with Crippen LogP contribution in [0.15, 0.2) is 35.5 Å². The fraction of sp³-hybridized carbons (Fsp3) is 0.526. The van der Waals surface area contributed by atoms with Gasteiger partial charge in [0.05, 0.1) is 23.0 Å². The number of carbonyl (C=O) groups excluding carboxylic acids is 1. The van der Waals surface area contributed by atoms with E-state index in [1.54, 1.807) is 20.8 Å². The molecule has 0 radical (unpaired) electrons. The number of nitrogens with zero attached hydrogens (tertiary/aromatic N) is 1. The van der Waals surface area contributed by atoms with Crippen LogP contribution in [0.25, 0.3) is 0 Å². The first-order chi connectivity index (χ1) is 11.7. The fourth-order valence-electron chi connectivity index (χ4n) is 3.06. The minimum Gasteiger partial charge on any atom is -0.481 e. The molecule has 4 unspecified atom stereocenters. The third-order valence-corrected chi connectivity index (χ3v) is 5.00. The predicted molar refractivity (Wildman–Crippen MR) is 95.2 cm³/mol. The quantitative estimate of drug-likeness (QED) is 0.829. The van der Waals surface area contributed by atoms with Gasteiger partial charge in [-0.3, -0.25) is 9.59 Å². The van der Waals surface area contributed by atoms with Crippen molar-refractivity contribution in [1.82, 2.24) is 5.32 Å². The van der Waals surface area contributed by atoms with Gasteiger partial charge in [-0.05, 0) is 26.3 Å². The first kappa shape index (κ1) is 19.0. The Balaban J connectivity index is 2.09. The maximum absolute atomic E-state index is 12.6. The molecule has 4 atom stereocenters. The Morgan fingerprint density at radius 3 is 2.36 bits per heavy atom. The van der Waals surface area contributed by atoms with Gasteiger partial charge in [0, 0.05) is 6.04 Å². The molecule has 1 aliphatic rings. The highest BCUT2D eigenvalue weighted by Crippen LogP contribution is 2.38. The zero-order valence-electron chi connectivity index (χ0n) is 15.3. The number of aliphatic carboxylic acids is 1. The highest BCUT2D eigenvalue weighted by Gasteiger charge is 2.47. The van der Waals surface area contributed by atoms with Gasteiger partial charge in [0.2, 0.25) is 5.91 Å². The van der Waals surface area contributed by atoms with Gasteiger partial charge >= 0.3 is 5.97 Å². The van der Waals surface area contributed by atoms with Crippen molar-refractivity contribution in [1.29, 1.82) is 0 Å². The molecule has 136 valence electrons. The van der Waals surface area contributed by atoms with E-state index >= 15 is 0 Å². The van der Waals surface area contributed by atoms with Gasteiger partial charge in [-0.15, -0.1) is 0 Å². The van der Waals surface area contributed by atoms with E-state index in [2.05, 4.69) is 10.5 Å². The Hall–Kier alpha value is -2.37. The zero-order chi connectivity index (χ0) is 18.8. The molecule has 25 heavy (non-hydrogen) atoms. The van der Waals surface area contributed by atoms with Crippen LogP contribution in [0, 0.1) is 17.3 Å². The van der Waals surface area contributed by atoms with Crippen LogP contribution in [-0.4, -0.2) is 34.8 Å². The standard InChI is InChI=1S/C19H26N2O4/c1-11(18(23)24)13(3)20-17(22)12(2)16-19(4,5)15(21-25-16)14-9-7-6-8-10-14/h6-13,16H,1-5H3,(H,20,22)(H,23,24). The number of nitrogens with one attached hydrogen (secondary N) is 1. The van der Waals surface area contributed by atoms with Gasteiger partial charge in [0.25, 0.3) is 0 Å². The first-order valence-electron chi connectivity index (χ1n) is 8.49. The van der Waals surface area contributed by atoms with Crippen molar-refractivity contribution in [3.8, 4) is 0 Å². The molecular weight excluding hydrogens is 320 g/mol. The van der Waals surface area contributed by atoms with Gasteiger partial charge < -0.3 is 15.3 Å². The molecule has 6 heteroatoms. The number of rotatable bonds is 6. The van der Waals surface area contributed by atoms with E-state index in [9.17, 15) is 9.59 Å². The number of carboxylic acids is 1. The number of oxime groups is 1. The lowest BCUT2D eigenvalue weighted by Crippen LogP contribution is -2.48. The van der Waals surface area contributed by atoms with Gasteiger partial charge in [0.1, 0.15) is 6.10 Å². The Morgan fingerprint density at radius 1 is 1.20 bits per heavy atom. The second-order valence-corrected chi connectivity index (χ2v) is 7.27. The Labute approximate surface area is 148 Å². The minimum absolute atomic E-state index is 0.233. The average molecular weight is 346 g/mol. The Kier molecular flexibility index (Phi) is 5.50. The van der Waals surface area contributed by atoms with Gasteiger partial charge in [-0.1, -0.05) is 49.3 Å². The Morgan fingerprint density at radius 2 is 1.80 bits per heavy atom. The first-order valence-corrected chi connectivity index (χ1v) is 8.49. The van der Waals surface area contributed by atoms with E-state index in [-0.39, 0.29) is 5.91 Å². The largest absolute Gasteiger partial charge is 0.481 e. The maximum Gasteiger partial charge on any atom is 0.308 e. The van der Waals surface area contributed by atoms with Gasteiger partial charge in [-0.25, -0.2) is 0 Å². The van der Waals surface area contributed by atoms with E-state index in [0.29, 0.717) is 0 Å². The molecule has 0 saturated heterocycles. The SMILES string of the molecule is CC(NC(=O)C(C)C1ON=C(c2ccccc2)C1(C)C)C(C)C(=O)O. The molecule has 2 rings (SSSR count). The van der Waals surface area contributed by atoms with Crippen LogP contribution in [0.2, 0.25) is 0 Å². The Bertz CT molecular complexity index is 669. The summed E-state index contributed by atoms with van der Waals surface area (Å²) < 4.78 is 0. The molecule has 0 aliphatic carbocycles. The summed E-state index contributed by atoms with van der Waals surface area (Å²) in [5, 5.41) is 16.1. The third-order valence-electron chi connectivity index (χ3n) is 5.00. The van der Waals surface area contributed by atoms with Crippen molar-refractivity contribution in [3.05, 3.63) is 35.9 Å².